The van der Waals surface area contributed by atoms with Crippen LogP contribution in [0.3, 0.4) is 0 Å². The highest BCUT2D eigenvalue weighted by molar-refractivity contribution is 5.77. The maximum Gasteiger partial charge on any atom is 0.275 e. The van der Waals surface area contributed by atoms with Gasteiger partial charge in [-0.2, -0.15) is 0 Å². The number of carbonyl (C=O) groups excluding carboxylic acids is 2. The van der Waals surface area contributed by atoms with E-state index in [1.807, 2.05) is 14.1 Å². The third-order valence-electron chi connectivity index (χ3n) is 5.28. The van der Waals surface area contributed by atoms with Crippen molar-refractivity contribution < 1.29 is 19.2 Å². The van der Waals surface area contributed by atoms with Gasteiger partial charge in [-0.15, -0.1) is 0 Å². The molecule has 0 aromatic carbocycles. The lowest BCUT2D eigenvalue weighted by Crippen LogP contribution is -2.49. The molecule has 0 aromatic rings. The van der Waals surface area contributed by atoms with Crippen molar-refractivity contribution in [2.24, 2.45) is 0 Å². The third-order valence-corrected chi connectivity index (χ3v) is 5.28. The lowest BCUT2D eigenvalue weighted by Gasteiger charge is -2.29. The number of aliphatic hydroxyl groups excluding tert-OH is 1. The highest BCUT2D eigenvalue weighted by Gasteiger charge is 2.19. The summed E-state index contributed by atoms with van der Waals surface area (Å²) in [5, 5.41) is 14.4. The van der Waals surface area contributed by atoms with Crippen LogP contribution in [0.1, 0.15) is 90.4 Å². The molecule has 0 aliphatic carbocycles. The molecule has 0 unspecified atom stereocenters. The van der Waals surface area contributed by atoms with Crippen LogP contribution < -0.4 is 10.6 Å². The minimum Gasteiger partial charge on any atom is -0.395 e. The van der Waals surface area contributed by atoms with Crippen LogP contribution in [0.2, 0.25) is 0 Å². The zero-order valence-corrected chi connectivity index (χ0v) is 19.4. The Labute approximate surface area is 179 Å². The maximum atomic E-state index is 11.9. The van der Waals surface area contributed by atoms with Crippen molar-refractivity contribution in [2.45, 2.75) is 90.4 Å². The van der Waals surface area contributed by atoms with Crippen LogP contribution in [0.5, 0.6) is 0 Å². The molecule has 6 heteroatoms. The lowest BCUT2D eigenvalue weighted by molar-refractivity contribution is -0.882. The minimum absolute atomic E-state index is 0.0374. The number of amides is 2. The van der Waals surface area contributed by atoms with E-state index < -0.39 is 0 Å². The van der Waals surface area contributed by atoms with Crippen LogP contribution in [0.25, 0.3) is 0 Å². The van der Waals surface area contributed by atoms with E-state index in [0.717, 1.165) is 25.8 Å². The number of quaternary nitrogens is 1. The molecule has 0 heterocycles. The van der Waals surface area contributed by atoms with Crippen LogP contribution in [0, 0.1) is 0 Å². The smallest absolute Gasteiger partial charge is 0.275 e. The lowest BCUT2D eigenvalue weighted by atomic mass is 10.1. The Balaban J connectivity index is 3.50. The van der Waals surface area contributed by atoms with E-state index in [1.165, 1.54) is 57.8 Å². The predicted molar refractivity (Wildman–Crippen MR) is 121 cm³/mol. The van der Waals surface area contributed by atoms with E-state index in [-0.39, 0.29) is 18.4 Å². The number of rotatable bonds is 20. The summed E-state index contributed by atoms with van der Waals surface area (Å²) in [6.45, 7) is 4.39. The molecule has 0 aliphatic heterocycles. The number of likely N-dealkylation sites (N-methyl/N-ethyl adjacent to an activating group) is 1. The molecule has 0 saturated heterocycles. The summed E-state index contributed by atoms with van der Waals surface area (Å²) < 4.78 is 0.575. The fourth-order valence-electron chi connectivity index (χ4n) is 3.49. The first-order valence-electron chi connectivity index (χ1n) is 11.9. The van der Waals surface area contributed by atoms with Gasteiger partial charge in [-0.3, -0.25) is 9.59 Å². The Bertz CT molecular complexity index is 414. The predicted octanol–water partition coefficient (Wildman–Crippen LogP) is 3.38. The van der Waals surface area contributed by atoms with Crippen LogP contribution in [-0.2, 0) is 9.59 Å². The molecule has 172 valence electrons. The number of hydrogen-bond acceptors (Lipinski definition) is 3. The van der Waals surface area contributed by atoms with Gasteiger partial charge in [0.15, 0.2) is 6.54 Å². The molecule has 0 rings (SSSR count). The zero-order valence-electron chi connectivity index (χ0n) is 19.4. The van der Waals surface area contributed by atoms with Gasteiger partial charge in [0, 0.05) is 25.9 Å². The Morgan fingerprint density at radius 1 is 0.724 bits per heavy atom. The number of nitrogens with zero attached hydrogens (tertiary/aromatic N) is 1. The van der Waals surface area contributed by atoms with Gasteiger partial charge in [-0.1, -0.05) is 71.1 Å². The quantitative estimate of drug-likeness (QED) is 0.211. The molecule has 0 spiro atoms. The Morgan fingerprint density at radius 2 is 1.24 bits per heavy atom. The molecule has 0 saturated carbocycles. The molecule has 0 aliphatic rings. The van der Waals surface area contributed by atoms with E-state index in [1.54, 1.807) is 0 Å². The highest BCUT2D eigenvalue weighted by atomic mass is 16.3. The summed E-state index contributed by atoms with van der Waals surface area (Å²) in [4.78, 5) is 23.7. The Morgan fingerprint density at radius 3 is 1.79 bits per heavy atom. The fraction of sp³-hybridized carbons (Fsp3) is 0.913. The molecular weight excluding hydrogens is 366 g/mol. The SMILES string of the molecule is CCCCCCCCCCCCCC(=O)NCCC[N+](C)(C)CC(=O)NCCO. The molecule has 0 radical (unpaired) electrons. The average Bonchev–Trinajstić information content (AvgIpc) is 2.67. The molecule has 0 aromatic heterocycles. The van der Waals surface area contributed by atoms with Gasteiger partial charge in [0.2, 0.25) is 5.91 Å². The van der Waals surface area contributed by atoms with Crippen molar-refractivity contribution in [3.8, 4) is 0 Å². The van der Waals surface area contributed by atoms with Gasteiger partial charge in [-0.25, -0.2) is 0 Å². The molecule has 0 fully saturated rings. The summed E-state index contributed by atoms with van der Waals surface area (Å²) in [6, 6.07) is 0. The van der Waals surface area contributed by atoms with Crippen molar-refractivity contribution in [3.63, 3.8) is 0 Å². The van der Waals surface area contributed by atoms with Crippen molar-refractivity contribution in [1.82, 2.24) is 10.6 Å². The molecule has 6 nitrogen and oxygen atoms in total. The summed E-state index contributed by atoms with van der Waals surface area (Å²) in [7, 11) is 4.01. The van der Waals surface area contributed by atoms with Gasteiger partial charge in [0.25, 0.3) is 5.91 Å². The van der Waals surface area contributed by atoms with Gasteiger partial charge >= 0.3 is 0 Å². The van der Waals surface area contributed by atoms with E-state index >= 15 is 0 Å². The molecule has 2 amide bonds. The summed E-state index contributed by atoms with van der Waals surface area (Å²) in [6.07, 6.45) is 15.7. The first kappa shape index (κ1) is 27.9. The second kappa shape index (κ2) is 18.9. The number of hydrogen-bond donors (Lipinski definition) is 3. The zero-order chi connectivity index (χ0) is 21.8. The van der Waals surface area contributed by atoms with E-state index in [2.05, 4.69) is 17.6 Å². The maximum absolute atomic E-state index is 11.9. The molecular formula is C23H48N3O3+. The van der Waals surface area contributed by atoms with Crippen LogP contribution in [0.15, 0.2) is 0 Å². The van der Waals surface area contributed by atoms with E-state index in [9.17, 15) is 9.59 Å². The van der Waals surface area contributed by atoms with Crippen molar-refractivity contribution >= 4 is 11.8 Å². The monoisotopic (exact) mass is 414 g/mol. The summed E-state index contributed by atoms with van der Waals surface area (Å²) >= 11 is 0. The summed E-state index contributed by atoms with van der Waals surface area (Å²) in [5.41, 5.74) is 0. The first-order chi connectivity index (χ1) is 13.9. The fourth-order valence-corrected chi connectivity index (χ4v) is 3.49. The number of aliphatic hydroxyl groups is 1. The first-order valence-corrected chi connectivity index (χ1v) is 11.9. The largest absolute Gasteiger partial charge is 0.395 e. The normalized spacial score (nSPS) is 11.4. The van der Waals surface area contributed by atoms with Crippen LogP contribution in [0.4, 0.5) is 0 Å². The van der Waals surface area contributed by atoms with Crippen LogP contribution >= 0.6 is 0 Å². The second-order valence-corrected chi connectivity index (χ2v) is 8.88. The van der Waals surface area contributed by atoms with Crippen LogP contribution in [-0.4, -0.2) is 68.3 Å². The van der Waals surface area contributed by atoms with Gasteiger partial charge in [-0.05, 0) is 6.42 Å². The van der Waals surface area contributed by atoms with Gasteiger partial charge in [0.1, 0.15) is 0 Å². The molecule has 3 N–H and O–H groups in total. The number of nitrogens with one attached hydrogen (secondary N) is 2. The van der Waals surface area contributed by atoms with E-state index in [0.29, 0.717) is 30.5 Å². The number of carbonyl (C=O) groups is 2. The Kier molecular flexibility index (Phi) is 18.1. The molecule has 29 heavy (non-hydrogen) atoms. The average molecular weight is 415 g/mol. The highest BCUT2D eigenvalue weighted by Crippen LogP contribution is 2.11. The third kappa shape index (κ3) is 19.9. The van der Waals surface area contributed by atoms with Gasteiger partial charge < -0.3 is 20.2 Å². The molecule has 0 bridgehead atoms. The topological polar surface area (TPSA) is 78.4 Å². The number of unbranched alkanes of at least 4 members (excludes halogenated alkanes) is 10. The van der Waals surface area contributed by atoms with Crippen molar-refractivity contribution in [3.05, 3.63) is 0 Å². The Hall–Kier alpha value is -1.14. The van der Waals surface area contributed by atoms with E-state index in [4.69, 9.17) is 5.11 Å². The minimum atomic E-state index is -0.0513. The van der Waals surface area contributed by atoms with Crippen molar-refractivity contribution in [1.29, 1.82) is 0 Å². The molecule has 0 atom stereocenters. The van der Waals surface area contributed by atoms with Crippen molar-refractivity contribution in [2.75, 3.05) is 46.9 Å². The standard InChI is InChI=1S/C23H47N3O3/c1-4-5-6-7-8-9-10-11-12-13-14-16-22(28)24-17-15-19-26(2,3)21-23(29)25-18-20-27/h27H,4-21H2,1-3H3,(H-,24,25,28,29)/p+1. The second-order valence-electron chi connectivity index (χ2n) is 8.88. The summed E-state index contributed by atoms with van der Waals surface area (Å²) in [5.74, 6) is 0.0940. The van der Waals surface area contributed by atoms with Gasteiger partial charge in [0.05, 0.1) is 27.2 Å².